The van der Waals surface area contributed by atoms with Gasteiger partial charge in [-0.25, -0.2) is 9.37 Å². The van der Waals surface area contributed by atoms with E-state index in [0.717, 1.165) is 19.3 Å². The number of ether oxygens (including phenoxy) is 1. The first-order valence-corrected chi connectivity index (χ1v) is 8.39. The second-order valence-corrected chi connectivity index (χ2v) is 5.83. The highest BCUT2D eigenvalue weighted by Crippen LogP contribution is 2.36. The van der Waals surface area contributed by atoms with Crippen LogP contribution >= 0.6 is 0 Å². The molecule has 1 aromatic heterocycles. The average Bonchev–Trinajstić information content (AvgIpc) is 2.60. The van der Waals surface area contributed by atoms with Crippen molar-refractivity contribution in [2.45, 2.75) is 38.8 Å². The van der Waals surface area contributed by atoms with Crippen molar-refractivity contribution in [3.8, 4) is 5.88 Å². The van der Waals surface area contributed by atoms with Gasteiger partial charge in [0.05, 0.1) is 6.61 Å². The molecule has 2 aromatic rings. The van der Waals surface area contributed by atoms with Crippen molar-refractivity contribution in [1.29, 1.82) is 0 Å². The highest BCUT2D eigenvalue weighted by atomic mass is 19.4. The second kappa shape index (κ2) is 8.82. The van der Waals surface area contributed by atoms with Gasteiger partial charge < -0.3 is 9.64 Å². The van der Waals surface area contributed by atoms with Gasteiger partial charge in [-0.3, -0.25) is 0 Å². The van der Waals surface area contributed by atoms with Crippen LogP contribution in [0.4, 0.5) is 29.2 Å². The van der Waals surface area contributed by atoms with Gasteiger partial charge in [-0.05, 0) is 24.6 Å². The number of hydrogen-bond acceptors (Lipinski definition) is 4. The molecular weight excluding hydrogens is 350 g/mol. The van der Waals surface area contributed by atoms with Crippen molar-refractivity contribution in [2.75, 3.05) is 18.6 Å². The summed E-state index contributed by atoms with van der Waals surface area (Å²) in [6.45, 7) is 2.19. The minimum Gasteiger partial charge on any atom is -0.477 e. The lowest BCUT2D eigenvalue weighted by atomic mass is 10.2. The molecule has 0 unspecified atom stereocenters. The van der Waals surface area contributed by atoms with Crippen molar-refractivity contribution in [3.63, 3.8) is 0 Å². The summed E-state index contributed by atoms with van der Waals surface area (Å²) in [6, 6.07) is 5.62. The predicted octanol–water partition coefficient (Wildman–Crippen LogP) is 5.36. The van der Waals surface area contributed by atoms with E-state index in [9.17, 15) is 17.6 Å². The molecule has 0 fully saturated rings. The number of halogens is 4. The molecule has 0 aliphatic heterocycles. The molecule has 0 saturated heterocycles. The quantitative estimate of drug-likeness (QED) is 0.462. The molecule has 0 N–H and O–H groups in total. The third-order valence-electron chi connectivity index (χ3n) is 3.78. The van der Waals surface area contributed by atoms with E-state index in [0.29, 0.717) is 18.3 Å². The second-order valence-electron chi connectivity index (χ2n) is 5.83. The molecular formula is C18H21F4N3O. The van der Waals surface area contributed by atoms with Crippen LogP contribution in [-0.2, 0) is 6.18 Å². The van der Waals surface area contributed by atoms with Crippen LogP contribution in [0, 0.1) is 5.82 Å². The zero-order valence-corrected chi connectivity index (χ0v) is 14.7. The number of hydrogen-bond donors (Lipinski definition) is 0. The normalized spacial score (nSPS) is 11.5. The first-order valence-electron chi connectivity index (χ1n) is 8.39. The fourth-order valence-electron chi connectivity index (χ4n) is 2.32. The summed E-state index contributed by atoms with van der Waals surface area (Å²) < 4.78 is 58.2. The van der Waals surface area contributed by atoms with Crippen molar-refractivity contribution < 1.29 is 22.3 Å². The van der Waals surface area contributed by atoms with Gasteiger partial charge in [-0.15, -0.1) is 0 Å². The van der Waals surface area contributed by atoms with Gasteiger partial charge in [0.25, 0.3) is 0 Å². The largest absolute Gasteiger partial charge is 0.477 e. The maximum atomic E-state index is 13.4. The average molecular weight is 371 g/mol. The molecule has 8 heteroatoms. The Morgan fingerprint density at radius 3 is 2.58 bits per heavy atom. The van der Waals surface area contributed by atoms with Crippen LogP contribution in [-0.4, -0.2) is 23.6 Å². The minimum absolute atomic E-state index is 0.00726. The van der Waals surface area contributed by atoms with Crippen LogP contribution in [0.3, 0.4) is 0 Å². The Morgan fingerprint density at radius 1 is 1.15 bits per heavy atom. The lowest BCUT2D eigenvalue weighted by Gasteiger charge is -2.19. The van der Waals surface area contributed by atoms with E-state index >= 15 is 0 Å². The van der Waals surface area contributed by atoms with Crippen LogP contribution in [0.1, 0.15) is 38.2 Å². The predicted molar refractivity (Wildman–Crippen MR) is 91.1 cm³/mol. The van der Waals surface area contributed by atoms with Gasteiger partial charge in [0.1, 0.15) is 11.4 Å². The molecule has 0 amide bonds. The van der Waals surface area contributed by atoms with E-state index in [2.05, 4.69) is 9.97 Å². The zero-order valence-electron chi connectivity index (χ0n) is 14.7. The summed E-state index contributed by atoms with van der Waals surface area (Å²) in [6.07, 6.45) is -0.395. The monoisotopic (exact) mass is 371 g/mol. The first kappa shape index (κ1) is 19.9. The number of anilines is 2. The van der Waals surface area contributed by atoms with Crippen LogP contribution in [0.25, 0.3) is 0 Å². The van der Waals surface area contributed by atoms with E-state index in [1.165, 1.54) is 23.1 Å². The van der Waals surface area contributed by atoms with Crippen molar-refractivity contribution in [2.24, 2.45) is 0 Å². The number of unbranched alkanes of at least 4 members (excludes halogenated alkanes) is 3. The molecule has 0 bridgehead atoms. The van der Waals surface area contributed by atoms with Crippen LogP contribution in [0.5, 0.6) is 5.88 Å². The van der Waals surface area contributed by atoms with Gasteiger partial charge in [0, 0.05) is 18.9 Å². The molecule has 0 saturated carbocycles. The lowest BCUT2D eigenvalue weighted by molar-refractivity contribution is -0.139. The summed E-state index contributed by atoms with van der Waals surface area (Å²) in [5.41, 5.74) is -0.608. The number of nitrogens with zero attached hydrogens (tertiary/aromatic N) is 3. The van der Waals surface area contributed by atoms with E-state index in [4.69, 9.17) is 4.74 Å². The van der Waals surface area contributed by atoms with Crippen molar-refractivity contribution >= 4 is 11.6 Å². The molecule has 0 atom stereocenters. The SMILES string of the molecule is CCCCCCOc1nc(N(C)c2cccc(F)c2)ncc1C(F)(F)F. The molecule has 0 spiro atoms. The van der Waals surface area contributed by atoms with Crippen molar-refractivity contribution in [1.82, 2.24) is 9.97 Å². The summed E-state index contributed by atoms with van der Waals surface area (Å²) >= 11 is 0. The Morgan fingerprint density at radius 2 is 1.92 bits per heavy atom. The zero-order chi connectivity index (χ0) is 19.2. The Bertz CT molecular complexity index is 722. The maximum absolute atomic E-state index is 13.4. The van der Waals surface area contributed by atoms with E-state index in [1.807, 2.05) is 6.92 Å². The highest BCUT2D eigenvalue weighted by molar-refractivity contribution is 5.56. The molecule has 1 heterocycles. The smallest absolute Gasteiger partial charge is 0.423 e. The van der Waals surface area contributed by atoms with E-state index < -0.39 is 23.4 Å². The third-order valence-corrected chi connectivity index (χ3v) is 3.78. The van der Waals surface area contributed by atoms with Gasteiger partial charge in [-0.1, -0.05) is 32.3 Å². The van der Waals surface area contributed by atoms with E-state index in [-0.39, 0.29) is 12.6 Å². The highest BCUT2D eigenvalue weighted by Gasteiger charge is 2.36. The standard InChI is InChI=1S/C18H21F4N3O/c1-3-4-5-6-10-26-16-15(18(20,21)22)12-23-17(24-16)25(2)14-9-7-8-13(19)11-14/h7-9,11-12H,3-6,10H2,1-2H3. The van der Waals surface area contributed by atoms with Crippen LogP contribution in [0.2, 0.25) is 0 Å². The fourth-order valence-corrected chi connectivity index (χ4v) is 2.32. The summed E-state index contributed by atoms with van der Waals surface area (Å²) in [5.74, 6) is -0.983. The molecule has 0 radical (unpaired) electrons. The van der Waals surface area contributed by atoms with Gasteiger partial charge in [-0.2, -0.15) is 18.2 Å². The topological polar surface area (TPSA) is 38.2 Å². The first-order chi connectivity index (χ1) is 12.3. The number of aromatic nitrogens is 2. The Hall–Kier alpha value is -2.38. The molecule has 0 aliphatic rings. The molecule has 2 rings (SSSR count). The fraction of sp³-hybridized carbons (Fsp3) is 0.444. The van der Waals surface area contributed by atoms with Gasteiger partial charge in [0.2, 0.25) is 11.8 Å². The Labute approximate surface area is 149 Å². The molecule has 1 aromatic carbocycles. The molecule has 142 valence electrons. The van der Waals surface area contributed by atoms with Gasteiger partial charge in [0.15, 0.2) is 0 Å². The lowest BCUT2D eigenvalue weighted by Crippen LogP contribution is -2.17. The third kappa shape index (κ3) is 5.31. The minimum atomic E-state index is -4.62. The van der Waals surface area contributed by atoms with Gasteiger partial charge >= 0.3 is 6.18 Å². The number of alkyl halides is 3. The molecule has 4 nitrogen and oxygen atoms in total. The summed E-state index contributed by atoms with van der Waals surface area (Å²) in [5, 5.41) is 0. The molecule has 26 heavy (non-hydrogen) atoms. The number of rotatable bonds is 8. The van der Waals surface area contributed by atoms with Crippen molar-refractivity contribution in [3.05, 3.63) is 41.8 Å². The maximum Gasteiger partial charge on any atom is 0.423 e. The van der Waals surface area contributed by atoms with E-state index in [1.54, 1.807) is 13.1 Å². The summed E-state index contributed by atoms with van der Waals surface area (Å²) in [4.78, 5) is 9.07. The Balaban J connectivity index is 2.24. The van der Waals surface area contributed by atoms with Crippen LogP contribution in [0.15, 0.2) is 30.5 Å². The van der Waals surface area contributed by atoms with Crippen LogP contribution < -0.4 is 9.64 Å². The molecule has 0 aliphatic carbocycles. The number of benzene rings is 1. The Kier molecular flexibility index (Phi) is 6.76. The summed E-state index contributed by atoms with van der Waals surface area (Å²) in [7, 11) is 1.54.